The summed E-state index contributed by atoms with van der Waals surface area (Å²) in [5.74, 6) is -1.39. The van der Waals surface area contributed by atoms with E-state index in [1.807, 2.05) is 0 Å². The summed E-state index contributed by atoms with van der Waals surface area (Å²) in [6.45, 7) is 6.37. The highest BCUT2D eigenvalue weighted by molar-refractivity contribution is 6.31. The summed E-state index contributed by atoms with van der Waals surface area (Å²) < 4.78 is 29.7. The van der Waals surface area contributed by atoms with Gasteiger partial charge in [-0.2, -0.15) is 5.26 Å². The molecular formula is C22H22Cl2F2N2. The molecule has 1 aliphatic rings. The molecular weight excluding hydrogens is 401 g/mol. The molecule has 2 aromatic carbocycles. The van der Waals surface area contributed by atoms with Gasteiger partial charge in [-0.25, -0.2) is 8.78 Å². The number of nitriles is 1. The maximum absolute atomic E-state index is 14.9. The molecule has 2 aromatic rings. The van der Waals surface area contributed by atoms with Crippen LogP contribution in [0.15, 0.2) is 36.4 Å². The summed E-state index contributed by atoms with van der Waals surface area (Å²) in [7, 11) is 0. The number of halogens is 4. The van der Waals surface area contributed by atoms with Gasteiger partial charge in [0.25, 0.3) is 0 Å². The minimum Gasteiger partial charge on any atom is -0.308 e. The molecule has 0 aromatic heterocycles. The van der Waals surface area contributed by atoms with Crippen molar-refractivity contribution >= 4 is 23.2 Å². The highest BCUT2D eigenvalue weighted by Crippen LogP contribution is 2.50. The first-order valence-electron chi connectivity index (χ1n) is 9.13. The van der Waals surface area contributed by atoms with Gasteiger partial charge in [-0.3, -0.25) is 0 Å². The predicted molar refractivity (Wildman–Crippen MR) is 108 cm³/mol. The van der Waals surface area contributed by atoms with Crippen molar-refractivity contribution in [3.8, 4) is 6.07 Å². The van der Waals surface area contributed by atoms with Crippen LogP contribution >= 0.6 is 23.2 Å². The zero-order valence-electron chi connectivity index (χ0n) is 16.0. The van der Waals surface area contributed by atoms with Crippen LogP contribution in [0.25, 0.3) is 0 Å². The Balaban J connectivity index is 2.17. The van der Waals surface area contributed by atoms with Gasteiger partial charge in [-0.05, 0) is 30.0 Å². The van der Waals surface area contributed by atoms with Gasteiger partial charge < -0.3 is 5.32 Å². The van der Waals surface area contributed by atoms with Crippen molar-refractivity contribution in [2.75, 3.05) is 6.54 Å². The van der Waals surface area contributed by atoms with Gasteiger partial charge in [0, 0.05) is 34.7 Å². The summed E-state index contributed by atoms with van der Waals surface area (Å²) in [6.07, 6.45) is 0.590. The van der Waals surface area contributed by atoms with E-state index in [9.17, 15) is 14.0 Å². The van der Waals surface area contributed by atoms with Crippen molar-refractivity contribution in [3.63, 3.8) is 0 Å². The van der Waals surface area contributed by atoms with Crippen molar-refractivity contribution in [2.24, 2.45) is 11.3 Å². The zero-order chi connectivity index (χ0) is 20.7. The molecule has 0 radical (unpaired) electrons. The Morgan fingerprint density at radius 2 is 1.93 bits per heavy atom. The van der Waals surface area contributed by atoms with Crippen LogP contribution in [-0.2, 0) is 5.41 Å². The van der Waals surface area contributed by atoms with Crippen molar-refractivity contribution < 1.29 is 8.78 Å². The van der Waals surface area contributed by atoms with E-state index in [0.717, 1.165) is 0 Å². The molecule has 0 saturated carbocycles. The second-order valence-corrected chi connectivity index (χ2v) is 9.42. The van der Waals surface area contributed by atoms with Crippen molar-refractivity contribution in [2.45, 2.75) is 38.6 Å². The lowest BCUT2D eigenvalue weighted by atomic mass is 9.65. The van der Waals surface area contributed by atoms with Gasteiger partial charge in [0.15, 0.2) is 0 Å². The molecule has 0 aliphatic carbocycles. The summed E-state index contributed by atoms with van der Waals surface area (Å²) in [5.41, 5.74) is -0.629. The fourth-order valence-corrected chi connectivity index (χ4v) is 4.54. The molecule has 148 valence electrons. The average molecular weight is 423 g/mol. The number of hydrogen-bond donors (Lipinski definition) is 1. The third-order valence-corrected chi connectivity index (χ3v) is 5.92. The molecule has 2 nitrogen and oxygen atoms in total. The van der Waals surface area contributed by atoms with Crippen molar-refractivity contribution in [1.82, 2.24) is 5.32 Å². The van der Waals surface area contributed by atoms with Crippen molar-refractivity contribution in [3.05, 3.63) is 69.2 Å². The first kappa shape index (κ1) is 21.0. The number of benzene rings is 2. The highest BCUT2D eigenvalue weighted by Gasteiger charge is 2.53. The first-order chi connectivity index (χ1) is 13.1. The lowest BCUT2D eigenvalue weighted by Crippen LogP contribution is -2.37. The largest absolute Gasteiger partial charge is 0.308 e. The Bertz CT molecular complexity index is 933. The Kier molecular flexibility index (Phi) is 5.74. The zero-order valence-corrected chi connectivity index (χ0v) is 17.5. The minimum atomic E-state index is -1.15. The van der Waals surface area contributed by atoms with E-state index < -0.39 is 23.1 Å². The molecule has 0 bridgehead atoms. The topological polar surface area (TPSA) is 35.8 Å². The summed E-state index contributed by atoms with van der Waals surface area (Å²) >= 11 is 11.9. The van der Waals surface area contributed by atoms with Gasteiger partial charge in [-0.1, -0.05) is 62.2 Å². The molecule has 3 rings (SSSR count). The van der Waals surface area contributed by atoms with Gasteiger partial charge in [0.2, 0.25) is 0 Å². The average Bonchev–Trinajstić information content (AvgIpc) is 2.95. The van der Waals surface area contributed by atoms with Crippen LogP contribution in [0.1, 0.15) is 44.4 Å². The number of hydrogen-bond acceptors (Lipinski definition) is 2. The molecule has 6 heteroatoms. The molecule has 1 heterocycles. The van der Waals surface area contributed by atoms with Gasteiger partial charge in [0.1, 0.15) is 17.0 Å². The van der Waals surface area contributed by atoms with Crippen LogP contribution in [0.2, 0.25) is 10.0 Å². The van der Waals surface area contributed by atoms with E-state index in [-0.39, 0.29) is 33.5 Å². The van der Waals surface area contributed by atoms with Crippen LogP contribution in [0.5, 0.6) is 0 Å². The van der Waals surface area contributed by atoms with E-state index in [2.05, 4.69) is 32.2 Å². The molecule has 3 unspecified atom stereocenters. The summed E-state index contributed by atoms with van der Waals surface area (Å²) in [6, 6.07) is 11.1. The van der Waals surface area contributed by atoms with Gasteiger partial charge in [-0.15, -0.1) is 0 Å². The van der Waals surface area contributed by atoms with E-state index in [1.165, 1.54) is 12.1 Å². The van der Waals surface area contributed by atoms with Crippen LogP contribution in [0.4, 0.5) is 8.78 Å². The maximum Gasteiger partial charge on any atom is 0.146 e. The minimum absolute atomic E-state index is 0.0286. The molecule has 1 fully saturated rings. The third-order valence-electron chi connectivity index (χ3n) is 5.40. The molecule has 0 spiro atoms. The van der Waals surface area contributed by atoms with Crippen LogP contribution in [0, 0.1) is 34.3 Å². The predicted octanol–water partition coefficient (Wildman–Crippen LogP) is 6.43. The van der Waals surface area contributed by atoms with Gasteiger partial charge >= 0.3 is 0 Å². The van der Waals surface area contributed by atoms with E-state index in [4.69, 9.17) is 23.2 Å². The lowest BCUT2D eigenvalue weighted by molar-refractivity contribution is 0.230. The molecule has 0 amide bonds. The second kappa shape index (κ2) is 7.63. The smallest absolute Gasteiger partial charge is 0.146 e. The van der Waals surface area contributed by atoms with E-state index in [1.54, 1.807) is 24.3 Å². The number of nitrogens with zero attached hydrogens (tertiary/aromatic N) is 1. The standard InChI is InChI=1S/C22H22Cl2F2N2/c1-21(2,3)10-16-20(14-5-4-6-17(24)19(14)26)28-12-22(16,11-27)15-8-7-13(23)9-18(15)25/h4-9,16,20,28H,10,12H2,1-3H3. The normalized spacial score (nSPS) is 24.9. The first-order valence-corrected chi connectivity index (χ1v) is 9.89. The SMILES string of the molecule is CC(C)(C)CC1C(c2cccc(Cl)c2F)NCC1(C#N)c1ccc(Cl)cc1F. The quantitative estimate of drug-likeness (QED) is 0.618. The Hall–Kier alpha value is -1.67. The highest BCUT2D eigenvalue weighted by atomic mass is 35.5. The van der Waals surface area contributed by atoms with E-state index >= 15 is 0 Å². The summed E-state index contributed by atoms with van der Waals surface area (Å²) in [5, 5.41) is 13.8. The molecule has 1 saturated heterocycles. The molecule has 3 atom stereocenters. The van der Waals surface area contributed by atoms with Crippen molar-refractivity contribution in [1.29, 1.82) is 5.26 Å². The van der Waals surface area contributed by atoms with Gasteiger partial charge in [0.05, 0.1) is 11.1 Å². The Morgan fingerprint density at radius 3 is 2.54 bits per heavy atom. The fraction of sp³-hybridized carbons (Fsp3) is 0.409. The molecule has 1 aliphatic heterocycles. The monoisotopic (exact) mass is 422 g/mol. The third kappa shape index (κ3) is 3.76. The van der Waals surface area contributed by atoms with E-state index in [0.29, 0.717) is 12.0 Å². The fourth-order valence-electron chi connectivity index (χ4n) is 4.20. The molecule has 1 N–H and O–H groups in total. The number of rotatable bonds is 3. The number of nitrogens with one attached hydrogen (secondary N) is 1. The molecule has 28 heavy (non-hydrogen) atoms. The maximum atomic E-state index is 14.9. The van der Waals surface area contributed by atoms with Crippen LogP contribution < -0.4 is 5.32 Å². The Labute approximate surface area is 174 Å². The van der Waals surface area contributed by atoms with Crippen LogP contribution in [-0.4, -0.2) is 6.54 Å². The summed E-state index contributed by atoms with van der Waals surface area (Å²) in [4.78, 5) is 0. The second-order valence-electron chi connectivity index (χ2n) is 8.58. The van der Waals surface area contributed by atoms with Crippen LogP contribution in [0.3, 0.4) is 0 Å². The Morgan fingerprint density at radius 1 is 1.21 bits per heavy atom. The lowest BCUT2D eigenvalue weighted by Gasteiger charge is -2.36.